The number of nitrogens with one attached hydrogen (secondary N) is 1. The number of hydrogen-bond acceptors (Lipinski definition) is 3. The molecule has 1 aromatic rings. The van der Waals surface area contributed by atoms with Crippen LogP contribution in [0, 0.1) is 6.92 Å². The van der Waals surface area contributed by atoms with Gasteiger partial charge < -0.3 is 10.2 Å². The lowest BCUT2D eigenvalue weighted by Crippen LogP contribution is -2.36. The predicted molar refractivity (Wildman–Crippen MR) is 66.5 cm³/mol. The third-order valence-electron chi connectivity index (χ3n) is 3.02. The van der Waals surface area contributed by atoms with Gasteiger partial charge in [-0.2, -0.15) is 0 Å². The second-order valence-electron chi connectivity index (χ2n) is 4.61. The Hall–Kier alpha value is -1.42. The topological polar surface area (TPSA) is 45.2 Å². The maximum absolute atomic E-state index is 11.7. The van der Waals surface area contributed by atoms with E-state index in [1.807, 2.05) is 37.1 Å². The number of aromatic nitrogens is 1. The van der Waals surface area contributed by atoms with Crippen LogP contribution in [0.1, 0.15) is 24.2 Å². The molecule has 1 fully saturated rings. The van der Waals surface area contributed by atoms with E-state index in [-0.39, 0.29) is 5.91 Å². The van der Waals surface area contributed by atoms with Gasteiger partial charge in [-0.15, -0.1) is 0 Å². The summed E-state index contributed by atoms with van der Waals surface area (Å²) >= 11 is 0. The first-order valence-electron chi connectivity index (χ1n) is 6.06. The van der Waals surface area contributed by atoms with Crippen LogP contribution in [-0.4, -0.2) is 35.4 Å². The Balaban J connectivity index is 1.73. The number of pyridine rings is 1. The summed E-state index contributed by atoms with van der Waals surface area (Å²) in [6.45, 7) is 3.00. The molecule has 17 heavy (non-hydrogen) atoms. The number of hydrogen-bond donors (Lipinski definition) is 1. The highest BCUT2D eigenvalue weighted by Gasteiger charge is 2.28. The third-order valence-corrected chi connectivity index (χ3v) is 3.02. The average Bonchev–Trinajstić information content (AvgIpc) is 3.12. The lowest BCUT2D eigenvalue weighted by atomic mass is 10.3. The molecule has 4 nitrogen and oxygen atoms in total. The number of carbonyl (C=O) groups is 1. The van der Waals surface area contributed by atoms with E-state index in [0.29, 0.717) is 19.1 Å². The maximum Gasteiger partial charge on any atom is 0.236 e. The quantitative estimate of drug-likeness (QED) is 0.828. The smallest absolute Gasteiger partial charge is 0.236 e. The van der Waals surface area contributed by atoms with Gasteiger partial charge in [-0.1, -0.05) is 6.07 Å². The van der Waals surface area contributed by atoms with E-state index in [2.05, 4.69) is 10.3 Å². The van der Waals surface area contributed by atoms with Crippen molar-refractivity contribution < 1.29 is 4.79 Å². The zero-order valence-electron chi connectivity index (χ0n) is 10.4. The fraction of sp³-hybridized carbons (Fsp3) is 0.538. The Kier molecular flexibility index (Phi) is 3.74. The van der Waals surface area contributed by atoms with Gasteiger partial charge in [0.1, 0.15) is 0 Å². The molecule has 4 heteroatoms. The van der Waals surface area contributed by atoms with Gasteiger partial charge in [0.15, 0.2) is 0 Å². The summed E-state index contributed by atoms with van der Waals surface area (Å²) in [4.78, 5) is 17.9. The first kappa shape index (κ1) is 12.0. The summed E-state index contributed by atoms with van der Waals surface area (Å²) in [5.74, 6) is 0.167. The number of aryl methyl sites for hydroxylation is 1. The van der Waals surface area contributed by atoms with Crippen LogP contribution >= 0.6 is 0 Å². The number of amides is 1. The van der Waals surface area contributed by atoms with E-state index in [9.17, 15) is 4.79 Å². The summed E-state index contributed by atoms with van der Waals surface area (Å²) in [5.41, 5.74) is 1.98. The Morgan fingerprint density at radius 3 is 2.94 bits per heavy atom. The number of carbonyl (C=O) groups excluding carboxylic acids is 1. The summed E-state index contributed by atoms with van der Waals surface area (Å²) in [5, 5.41) is 3.14. The van der Waals surface area contributed by atoms with Crippen LogP contribution in [0.15, 0.2) is 18.2 Å². The van der Waals surface area contributed by atoms with Gasteiger partial charge in [0.2, 0.25) is 5.91 Å². The van der Waals surface area contributed by atoms with Crippen molar-refractivity contribution in [3.8, 4) is 0 Å². The highest BCUT2D eigenvalue weighted by atomic mass is 16.2. The molecule has 0 unspecified atom stereocenters. The number of likely N-dealkylation sites (N-methyl/N-ethyl adjacent to an activating group) is 1. The Morgan fingerprint density at radius 1 is 1.53 bits per heavy atom. The molecule has 1 N–H and O–H groups in total. The molecule has 1 saturated carbocycles. The van der Waals surface area contributed by atoms with Crippen molar-refractivity contribution in [1.82, 2.24) is 15.2 Å². The number of nitrogens with zero attached hydrogens (tertiary/aromatic N) is 2. The van der Waals surface area contributed by atoms with Gasteiger partial charge in [-0.05, 0) is 31.9 Å². The van der Waals surface area contributed by atoms with Crippen molar-refractivity contribution in [3.63, 3.8) is 0 Å². The second kappa shape index (κ2) is 5.27. The molecule has 1 heterocycles. The van der Waals surface area contributed by atoms with E-state index in [0.717, 1.165) is 24.2 Å². The third kappa shape index (κ3) is 3.53. The lowest BCUT2D eigenvalue weighted by Gasteiger charge is -2.16. The molecule has 2 rings (SSSR count). The largest absolute Gasteiger partial charge is 0.342 e. The van der Waals surface area contributed by atoms with Gasteiger partial charge in [-0.25, -0.2) is 0 Å². The molecule has 0 aliphatic heterocycles. The Morgan fingerprint density at radius 2 is 2.29 bits per heavy atom. The fourth-order valence-electron chi connectivity index (χ4n) is 1.79. The minimum Gasteiger partial charge on any atom is -0.342 e. The second-order valence-corrected chi connectivity index (χ2v) is 4.61. The zero-order valence-corrected chi connectivity index (χ0v) is 10.4. The Labute approximate surface area is 102 Å². The SMILES string of the molecule is Cc1cccc(CNCC(=O)N(C)C2CC2)n1. The molecule has 0 atom stereocenters. The molecule has 0 radical (unpaired) electrons. The molecule has 1 aromatic heterocycles. The van der Waals surface area contributed by atoms with Gasteiger partial charge in [0.05, 0.1) is 12.2 Å². The number of rotatable bonds is 5. The van der Waals surface area contributed by atoms with Gasteiger partial charge >= 0.3 is 0 Å². The van der Waals surface area contributed by atoms with E-state index < -0.39 is 0 Å². The fourth-order valence-corrected chi connectivity index (χ4v) is 1.79. The van der Waals surface area contributed by atoms with Crippen molar-refractivity contribution in [2.75, 3.05) is 13.6 Å². The van der Waals surface area contributed by atoms with Crippen LogP contribution < -0.4 is 5.32 Å². The minimum atomic E-state index is 0.167. The molecule has 1 amide bonds. The minimum absolute atomic E-state index is 0.167. The van der Waals surface area contributed by atoms with Crippen LogP contribution in [0.2, 0.25) is 0 Å². The molecule has 0 bridgehead atoms. The molecule has 0 aromatic carbocycles. The first-order chi connectivity index (χ1) is 8.16. The maximum atomic E-state index is 11.7. The standard InChI is InChI=1S/C13H19N3O/c1-10-4-3-5-11(15-10)8-14-9-13(17)16(2)12-6-7-12/h3-5,12,14H,6-9H2,1-2H3. The van der Waals surface area contributed by atoms with Gasteiger partial charge in [-0.3, -0.25) is 9.78 Å². The molecular weight excluding hydrogens is 214 g/mol. The summed E-state index contributed by atoms with van der Waals surface area (Å²) < 4.78 is 0. The van der Waals surface area contributed by atoms with Gasteiger partial charge in [0, 0.05) is 25.3 Å². The average molecular weight is 233 g/mol. The van der Waals surface area contributed by atoms with E-state index in [4.69, 9.17) is 0 Å². The van der Waals surface area contributed by atoms with Crippen molar-refractivity contribution in [1.29, 1.82) is 0 Å². The first-order valence-corrected chi connectivity index (χ1v) is 6.06. The molecule has 0 saturated heterocycles. The van der Waals surface area contributed by atoms with Crippen molar-refractivity contribution in [2.24, 2.45) is 0 Å². The van der Waals surface area contributed by atoms with Crippen LogP contribution in [0.4, 0.5) is 0 Å². The monoisotopic (exact) mass is 233 g/mol. The van der Waals surface area contributed by atoms with Crippen LogP contribution in [-0.2, 0) is 11.3 Å². The van der Waals surface area contributed by atoms with E-state index in [1.165, 1.54) is 0 Å². The van der Waals surface area contributed by atoms with Crippen molar-refractivity contribution >= 4 is 5.91 Å². The predicted octanol–water partition coefficient (Wildman–Crippen LogP) is 1.10. The molecule has 1 aliphatic carbocycles. The van der Waals surface area contributed by atoms with Crippen molar-refractivity contribution in [2.45, 2.75) is 32.4 Å². The summed E-state index contributed by atoms with van der Waals surface area (Å²) in [6, 6.07) is 6.41. The van der Waals surface area contributed by atoms with Crippen molar-refractivity contribution in [3.05, 3.63) is 29.6 Å². The zero-order chi connectivity index (χ0) is 12.3. The van der Waals surface area contributed by atoms with Crippen LogP contribution in [0.3, 0.4) is 0 Å². The normalized spacial score (nSPS) is 14.7. The van der Waals surface area contributed by atoms with E-state index in [1.54, 1.807) is 0 Å². The summed E-state index contributed by atoms with van der Waals surface area (Å²) in [6.07, 6.45) is 2.31. The molecular formula is C13H19N3O. The highest BCUT2D eigenvalue weighted by Crippen LogP contribution is 2.24. The summed E-state index contributed by atoms with van der Waals surface area (Å²) in [7, 11) is 1.88. The van der Waals surface area contributed by atoms with Crippen LogP contribution in [0.5, 0.6) is 0 Å². The van der Waals surface area contributed by atoms with E-state index >= 15 is 0 Å². The highest BCUT2D eigenvalue weighted by molar-refractivity contribution is 5.78. The molecule has 92 valence electrons. The molecule has 1 aliphatic rings. The van der Waals surface area contributed by atoms with Crippen LogP contribution in [0.25, 0.3) is 0 Å². The molecule has 0 spiro atoms. The Bertz CT molecular complexity index is 401. The van der Waals surface area contributed by atoms with Gasteiger partial charge in [0.25, 0.3) is 0 Å². The lowest BCUT2D eigenvalue weighted by molar-refractivity contribution is -0.129.